The first kappa shape index (κ1) is 46.1. The molecule has 14 nitrogen and oxygen atoms in total. The Morgan fingerprint density at radius 2 is 1.03 bits per heavy atom. The number of pyridine rings is 4. The standard InChI is InChI=1S/C28H24N4O3.C17H12FN3.C11H13NO3/c1-31-25-11-12-29-15-24(25)23-9-7-20(13-26(23)31)21-8-10-27(30-14-21)35-22-16-32(17-22)28(33)34-18-19-5-3-2-4-6-19;1-21-15-6-7-19-10-14(15)13-4-2-11(8-16(13)21)12-3-5-17(18)20-9-12;13-10-6-12(7-10)11(14)15-8-9-4-2-1-3-5-9/h2-15,22H,16-18H2,1H3;2-10H,1H3;1-5,10,13H,6-8H2. The van der Waals surface area contributed by atoms with Crippen molar-refractivity contribution >= 4 is 55.8 Å². The largest absolute Gasteiger partial charge is 0.471 e. The van der Waals surface area contributed by atoms with Gasteiger partial charge < -0.3 is 38.3 Å². The zero-order valence-electron chi connectivity index (χ0n) is 39.0. The first-order valence-electron chi connectivity index (χ1n) is 23.1. The van der Waals surface area contributed by atoms with Crippen molar-refractivity contribution in [3.63, 3.8) is 0 Å². The molecule has 0 radical (unpaired) electrons. The fourth-order valence-electron chi connectivity index (χ4n) is 8.69. The molecule has 2 amide bonds. The molecule has 12 rings (SSSR count). The van der Waals surface area contributed by atoms with Crippen molar-refractivity contribution in [2.75, 3.05) is 26.2 Å². The maximum absolute atomic E-state index is 12.9. The summed E-state index contributed by atoms with van der Waals surface area (Å²) in [6.45, 7) is 2.30. The molecule has 6 aromatic heterocycles. The average Bonchev–Trinajstić information content (AvgIpc) is 3.84. The van der Waals surface area contributed by atoms with E-state index in [0.29, 0.717) is 32.1 Å². The van der Waals surface area contributed by atoms with Crippen molar-refractivity contribution in [3.8, 4) is 28.1 Å². The lowest BCUT2D eigenvalue weighted by atomic mass is 10.1. The number of ether oxygens (including phenoxy) is 3. The number of carbonyl (C=O) groups excluding carboxylic acids is 2. The smallest absolute Gasteiger partial charge is 0.410 e. The predicted molar refractivity (Wildman–Crippen MR) is 270 cm³/mol. The van der Waals surface area contributed by atoms with E-state index >= 15 is 0 Å². The fraction of sp³-hybridized carbons (Fsp3) is 0.179. The van der Waals surface area contributed by atoms with E-state index < -0.39 is 5.95 Å². The highest BCUT2D eigenvalue weighted by Crippen LogP contribution is 2.33. The van der Waals surface area contributed by atoms with Crippen molar-refractivity contribution in [1.82, 2.24) is 38.9 Å². The highest BCUT2D eigenvalue weighted by Gasteiger charge is 2.34. The topological polar surface area (TPSA) is 150 Å². The monoisotopic (exact) mass is 948 g/mol. The van der Waals surface area contributed by atoms with E-state index in [1.807, 2.05) is 123 Å². The quantitative estimate of drug-likeness (QED) is 0.146. The summed E-state index contributed by atoms with van der Waals surface area (Å²) in [7, 11) is 4.11. The number of nitrogens with zero attached hydrogens (tertiary/aromatic N) is 8. The number of aliphatic hydroxyl groups is 1. The summed E-state index contributed by atoms with van der Waals surface area (Å²) in [4.78, 5) is 43.3. The third-order valence-corrected chi connectivity index (χ3v) is 12.7. The second kappa shape index (κ2) is 20.5. The van der Waals surface area contributed by atoms with E-state index in [2.05, 4.69) is 66.4 Å². The van der Waals surface area contributed by atoms with Crippen LogP contribution in [0.5, 0.6) is 5.88 Å². The van der Waals surface area contributed by atoms with Crippen LogP contribution in [-0.4, -0.2) is 94.5 Å². The number of hydrogen-bond donors (Lipinski definition) is 1. The molecule has 2 fully saturated rings. The van der Waals surface area contributed by atoms with Gasteiger partial charge >= 0.3 is 12.2 Å². The molecule has 0 unspecified atom stereocenters. The first-order valence-corrected chi connectivity index (χ1v) is 23.1. The lowest BCUT2D eigenvalue weighted by Crippen LogP contribution is -2.56. The number of fused-ring (bicyclic) bond motifs is 6. The van der Waals surface area contributed by atoms with Gasteiger partial charge in [0.25, 0.3) is 0 Å². The Hall–Kier alpha value is -8.69. The van der Waals surface area contributed by atoms with Crippen molar-refractivity contribution in [1.29, 1.82) is 0 Å². The Morgan fingerprint density at radius 1 is 0.549 bits per heavy atom. The Labute approximate surface area is 408 Å². The lowest BCUT2D eigenvalue weighted by Gasteiger charge is -2.37. The highest BCUT2D eigenvalue weighted by atomic mass is 19.1. The zero-order chi connectivity index (χ0) is 48.8. The molecule has 0 spiro atoms. The van der Waals surface area contributed by atoms with Gasteiger partial charge in [-0.1, -0.05) is 84.9 Å². The van der Waals surface area contributed by atoms with Crippen LogP contribution in [0.4, 0.5) is 14.0 Å². The minimum absolute atomic E-state index is 0.0848. The molecule has 4 aromatic carbocycles. The van der Waals surface area contributed by atoms with E-state index in [0.717, 1.165) is 66.2 Å². The van der Waals surface area contributed by atoms with Gasteiger partial charge in [-0.25, -0.2) is 19.6 Å². The molecule has 1 N–H and O–H groups in total. The molecule has 15 heteroatoms. The molecule has 71 heavy (non-hydrogen) atoms. The second-order valence-corrected chi connectivity index (χ2v) is 17.4. The van der Waals surface area contributed by atoms with Gasteiger partial charge in [0, 0.05) is 101 Å². The normalized spacial score (nSPS) is 13.5. The summed E-state index contributed by atoms with van der Waals surface area (Å²) in [5.74, 6) is 0.0864. The summed E-state index contributed by atoms with van der Waals surface area (Å²) in [6.07, 6.45) is 9.65. The molecule has 0 saturated carbocycles. The number of carbonyl (C=O) groups is 2. The number of aryl methyl sites for hydroxylation is 2. The summed E-state index contributed by atoms with van der Waals surface area (Å²) in [5.41, 5.74) is 10.5. The second-order valence-electron chi connectivity index (χ2n) is 17.4. The predicted octanol–water partition coefficient (Wildman–Crippen LogP) is 10.1. The number of hydrogen-bond acceptors (Lipinski definition) is 10. The maximum Gasteiger partial charge on any atom is 0.410 e. The third kappa shape index (κ3) is 10.2. The molecule has 356 valence electrons. The van der Waals surface area contributed by atoms with Crippen LogP contribution >= 0.6 is 0 Å². The van der Waals surface area contributed by atoms with Gasteiger partial charge in [-0.15, -0.1) is 0 Å². The van der Waals surface area contributed by atoms with Gasteiger partial charge in [-0.3, -0.25) is 9.97 Å². The van der Waals surface area contributed by atoms with E-state index in [4.69, 9.17) is 19.3 Å². The molecule has 0 atom stereocenters. The Morgan fingerprint density at radius 3 is 1.49 bits per heavy atom. The van der Waals surface area contributed by atoms with Crippen LogP contribution in [0.1, 0.15) is 11.1 Å². The van der Waals surface area contributed by atoms with Gasteiger partial charge in [-0.05, 0) is 64.7 Å². The summed E-state index contributed by atoms with van der Waals surface area (Å²) in [6, 6.07) is 42.9. The van der Waals surface area contributed by atoms with E-state index in [1.54, 1.807) is 23.4 Å². The van der Waals surface area contributed by atoms with Crippen molar-refractivity contribution < 1.29 is 33.3 Å². The first-order chi connectivity index (χ1) is 34.6. The van der Waals surface area contributed by atoms with Gasteiger partial charge in [0.05, 0.1) is 43.3 Å². The summed E-state index contributed by atoms with van der Waals surface area (Å²) in [5, 5.41) is 13.6. The van der Waals surface area contributed by atoms with Crippen LogP contribution in [0.3, 0.4) is 0 Å². The van der Waals surface area contributed by atoms with Crippen LogP contribution in [0.2, 0.25) is 0 Å². The SMILES string of the molecule is Cn1c2ccncc2c2ccc(-c3ccc(F)nc3)cc21.Cn1c2ccncc2c2ccc(-c3ccc(OC4CN(C(=O)OCc5ccccc5)C4)nc3)cc21.O=C(OCc1ccccc1)N1CC(O)C1. The minimum atomic E-state index is -0.462. The summed E-state index contributed by atoms with van der Waals surface area (Å²) >= 11 is 0. The number of rotatable bonds is 8. The van der Waals surface area contributed by atoms with Crippen LogP contribution < -0.4 is 4.74 Å². The number of benzene rings is 4. The number of amides is 2. The molecular formula is C56H49FN8O6. The number of halogens is 1. The number of aromatic nitrogens is 6. The molecule has 2 aliphatic rings. The van der Waals surface area contributed by atoms with Gasteiger partial charge in [-0.2, -0.15) is 4.39 Å². The summed E-state index contributed by atoms with van der Waals surface area (Å²) < 4.78 is 33.6. The van der Waals surface area contributed by atoms with Crippen LogP contribution in [-0.2, 0) is 36.8 Å². The Kier molecular flexibility index (Phi) is 13.3. The van der Waals surface area contributed by atoms with Crippen molar-refractivity contribution in [2.24, 2.45) is 14.1 Å². The highest BCUT2D eigenvalue weighted by molar-refractivity contribution is 6.09. The van der Waals surface area contributed by atoms with Crippen molar-refractivity contribution in [2.45, 2.75) is 25.4 Å². The molecule has 10 aromatic rings. The number of β-amino-alcohol motifs (C(OH)–C–C–N with tert-alkyl or cyclic N) is 1. The minimum Gasteiger partial charge on any atom is -0.471 e. The van der Waals surface area contributed by atoms with Crippen LogP contribution in [0, 0.1) is 5.95 Å². The molecule has 0 bridgehead atoms. The van der Waals surface area contributed by atoms with E-state index in [1.165, 1.54) is 21.7 Å². The maximum atomic E-state index is 12.9. The van der Waals surface area contributed by atoms with Crippen molar-refractivity contribution in [3.05, 3.63) is 188 Å². The van der Waals surface area contributed by atoms with Gasteiger partial charge in [0.1, 0.15) is 19.3 Å². The molecule has 0 aliphatic carbocycles. The van der Waals surface area contributed by atoms with Crippen LogP contribution in [0.25, 0.3) is 65.9 Å². The molecule has 2 aliphatic heterocycles. The number of aliphatic hydroxyl groups excluding tert-OH is 1. The third-order valence-electron chi connectivity index (χ3n) is 12.7. The van der Waals surface area contributed by atoms with Gasteiger partial charge in [0.2, 0.25) is 11.8 Å². The van der Waals surface area contributed by atoms with E-state index in [9.17, 15) is 14.0 Å². The molecule has 8 heterocycles. The number of likely N-dealkylation sites (tertiary alicyclic amines) is 2. The lowest BCUT2D eigenvalue weighted by molar-refractivity contribution is -0.00405. The zero-order valence-corrected chi connectivity index (χ0v) is 39.0. The van der Waals surface area contributed by atoms with E-state index in [-0.39, 0.29) is 37.6 Å². The average molecular weight is 949 g/mol. The van der Waals surface area contributed by atoms with Gasteiger partial charge in [0.15, 0.2) is 0 Å². The molecular weight excluding hydrogens is 900 g/mol. The Bertz CT molecular complexity index is 3470. The fourth-order valence-corrected chi connectivity index (χ4v) is 8.69. The Balaban J connectivity index is 0.000000136. The van der Waals surface area contributed by atoms with Crippen LogP contribution in [0.15, 0.2) is 171 Å². The molecule has 2 saturated heterocycles.